The number of halogens is 1. The van der Waals surface area contributed by atoms with Gasteiger partial charge < -0.3 is 10.2 Å². The molecule has 0 bridgehead atoms. The maximum Gasteiger partial charge on any atom is 0.232 e. The fraction of sp³-hybridized carbons (Fsp3) is 0.611. The first-order valence-corrected chi connectivity index (χ1v) is 8.15. The van der Waals surface area contributed by atoms with Crippen LogP contribution in [0.3, 0.4) is 0 Å². The highest BCUT2D eigenvalue weighted by atomic mass is 19.1. The van der Waals surface area contributed by atoms with E-state index in [0.717, 1.165) is 38.9 Å². The van der Waals surface area contributed by atoms with Gasteiger partial charge in [-0.1, -0.05) is 18.2 Å². The van der Waals surface area contributed by atoms with Gasteiger partial charge in [-0.2, -0.15) is 0 Å². The lowest BCUT2D eigenvalue weighted by molar-refractivity contribution is -0.137. The van der Waals surface area contributed by atoms with Crippen molar-refractivity contribution < 1.29 is 9.18 Å². The van der Waals surface area contributed by atoms with Crippen LogP contribution in [0.25, 0.3) is 0 Å². The lowest BCUT2D eigenvalue weighted by Crippen LogP contribution is -2.47. The van der Waals surface area contributed by atoms with Gasteiger partial charge in [0.1, 0.15) is 5.82 Å². The minimum atomic E-state index is -0.816. The third-order valence-corrected chi connectivity index (χ3v) is 4.79. The molecule has 1 aliphatic rings. The highest BCUT2D eigenvalue weighted by Crippen LogP contribution is 2.30. The first-order valence-electron chi connectivity index (χ1n) is 8.15. The molecule has 1 fully saturated rings. The molecular weight excluding hydrogens is 279 g/mol. The summed E-state index contributed by atoms with van der Waals surface area (Å²) in [6.07, 6.45) is 3.25. The van der Waals surface area contributed by atoms with Gasteiger partial charge in [-0.05, 0) is 58.7 Å². The second-order valence-electron chi connectivity index (χ2n) is 6.73. The summed E-state index contributed by atoms with van der Waals surface area (Å²) in [4.78, 5) is 14.7. The van der Waals surface area contributed by atoms with E-state index in [1.165, 1.54) is 6.07 Å². The van der Waals surface area contributed by atoms with Gasteiger partial charge >= 0.3 is 0 Å². The number of hydrogen-bond donors (Lipinski definition) is 1. The van der Waals surface area contributed by atoms with Gasteiger partial charge in [0.15, 0.2) is 0 Å². The van der Waals surface area contributed by atoms with Crippen LogP contribution in [-0.2, 0) is 10.2 Å². The average Bonchev–Trinajstić information content (AvgIpc) is 2.53. The number of benzene rings is 1. The first-order chi connectivity index (χ1) is 10.5. The minimum absolute atomic E-state index is 0.0321. The van der Waals surface area contributed by atoms with Crippen LogP contribution in [0.15, 0.2) is 24.3 Å². The van der Waals surface area contributed by atoms with Gasteiger partial charge in [0.25, 0.3) is 0 Å². The molecule has 1 amide bonds. The van der Waals surface area contributed by atoms with Crippen molar-refractivity contribution in [1.82, 2.24) is 10.2 Å². The van der Waals surface area contributed by atoms with Crippen LogP contribution < -0.4 is 5.32 Å². The third kappa shape index (κ3) is 3.67. The molecule has 1 saturated heterocycles. The van der Waals surface area contributed by atoms with Gasteiger partial charge in [0.2, 0.25) is 5.91 Å². The number of hydrogen-bond acceptors (Lipinski definition) is 2. The Hall–Kier alpha value is -1.42. The number of nitrogens with one attached hydrogen (secondary N) is 1. The van der Waals surface area contributed by atoms with Crippen molar-refractivity contribution in [3.63, 3.8) is 0 Å². The van der Waals surface area contributed by atoms with E-state index in [2.05, 4.69) is 5.32 Å². The molecule has 1 heterocycles. The Morgan fingerprint density at radius 3 is 2.55 bits per heavy atom. The van der Waals surface area contributed by atoms with Crippen molar-refractivity contribution in [2.45, 2.75) is 38.5 Å². The van der Waals surface area contributed by atoms with Crippen LogP contribution >= 0.6 is 0 Å². The molecule has 22 heavy (non-hydrogen) atoms. The Morgan fingerprint density at radius 2 is 1.95 bits per heavy atom. The molecule has 0 atom stereocenters. The Morgan fingerprint density at radius 1 is 1.32 bits per heavy atom. The molecule has 0 radical (unpaired) electrons. The lowest BCUT2D eigenvalue weighted by atomic mass is 9.81. The summed E-state index contributed by atoms with van der Waals surface area (Å²) in [5.41, 5.74) is -0.333. The van der Waals surface area contributed by atoms with Gasteiger partial charge in [0, 0.05) is 18.7 Å². The summed E-state index contributed by atoms with van der Waals surface area (Å²) in [6.45, 7) is 6.23. The minimum Gasteiger partial charge on any atom is -0.342 e. The van der Waals surface area contributed by atoms with Gasteiger partial charge in [-0.3, -0.25) is 4.79 Å². The highest BCUT2D eigenvalue weighted by molar-refractivity contribution is 5.87. The number of piperidine rings is 1. The van der Waals surface area contributed by atoms with Crippen molar-refractivity contribution in [3.8, 4) is 0 Å². The molecule has 1 aliphatic heterocycles. The molecule has 0 spiro atoms. The molecule has 1 N–H and O–H groups in total. The second kappa shape index (κ2) is 7.23. The highest BCUT2D eigenvalue weighted by Gasteiger charge is 2.36. The van der Waals surface area contributed by atoms with E-state index < -0.39 is 5.41 Å². The molecule has 0 aromatic heterocycles. The molecule has 3 nitrogen and oxygen atoms in total. The average molecular weight is 306 g/mol. The topological polar surface area (TPSA) is 32.3 Å². The maximum absolute atomic E-state index is 14.0. The zero-order valence-electron chi connectivity index (χ0n) is 13.9. The molecule has 1 aromatic carbocycles. The van der Waals surface area contributed by atoms with Crippen molar-refractivity contribution >= 4 is 5.91 Å². The normalized spacial score (nSPS) is 16.8. The predicted octanol–water partition coefficient (Wildman–Crippen LogP) is 2.95. The van der Waals surface area contributed by atoms with Crippen LogP contribution in [-0.4, -0.2) is 37.5 Å². The van der Waals surface area contributed by atoms with E-state index in [-0.39, 0.29) is 11.7 Å². The Bertz CT molecular complexity index is 508. The summed E-state index contributed by atoms with van der Waals surface area (Å²) in [5, 5.41) is 3.18. The molecular formula is C18H27FN2O. The summed E-state index contributed by atoms with van der Waals surface area (Å²) >= 11 is 0. The van der Waals surface area contributed by atoms with Gasteiger partial charge in [-0.15, -0.1) is 0 Å². The van der Waals surface area contributed by atoms with Crippen LogP contribution in [0.1, 0.15) is 38.7 Å². The summed E-state index contributed by atoms with van der Waals surface area (Å²) < 4.78 is 14.0. The summed E-state index contributed by atoms with van der Waals surface area (Å²) in [7, 11) is 1.97. The van der Waals surface area contributed by atoms with Gasteiger partial charge in [-0.25, -0.2) is 4.39 Å². The molecule has 0 unspecified atom stereocenters. The Balaban J connectivity index is 2.01. The monoisotopic (exact) mass is 306 g/mol. The van der Waals surface area contributed by atoms with E-state index in [1.54, 1.807) is 18.2 Å². The van der Waals surface area contributed by atoms with E-state index >= 15 is 0 Å². The SMILES string of the molecule is CNCCC1CCN(C(=O)C(C)(C)c2ccccc2F)CC1. The molecule has 0 saturated carbocycles. The van der Waals surface area contributed by atoms with Crippen molar-refractivity contribution in [2.75, 3.05) is 26.7 Å². The van der Waals surface area contributed by atoms with Crippen LogP contribution in [0.2, 0.25) is 0 Å². The number of nitrogens with zero attached hydrogens (tertiary/aromatic N) is 1. The first kappa shape index (κ1) is 16.9. The molecule has 122 valence electrons. The quantitative estimate of drug-likeness (QED) is 0.907. The predicted molar refractivity (Wildman–Crippen MR) is 87.3 cm³/mol. The van der Waals surface area contributed by atoms with Crippen LogP contribution in [0.4, 0.5) is 4.39 Å². The number of carbonyl (C=O) groups is 1. The molecule has 0 aliphatic carbocycles. The fourth-order valence-electron chi connectivity index (χ4n) is 3.25. The number of likely N-dealkylation sites (tertiary alicyclic amines) is 1. The Kier molecular flexibility index (Phi) is 5.57. The van der Waals surface area contributed by atoms with Crippen molar-refractivity contribution in [1.29, 1.82) is 0 Å². The fourth-order valence-corrected chi connectivity index (χ4v) is 3.25. The molecule has 4 heteroatoms. The van der Waals surface area contributed by atoms with Gasteiger partial charge in [0.05, 0.1) is 5.41 Å². The standard InChI is InChI=1S/C18H27FN2O/c1-18(2,15-6-4-5-7-16(15)19)17(22)21-12-9-14(10-13-21)8-11-20-3/h4-7,14,20H,8-13H2,1-3H3. The maximum atomic E-state index is 14.0. The van der Waals surface area contributed by atoms with Crippen molar-refractivity contribution in [2.24, 2.45) is 5.92 Å². The second-order valence-corrected chi connectivity index (χ2v) is 6.73. The third-order valence-electron chi connectivity index (χ3n) is 4.79. The molecule has 2 rings (SSSR count). The Labute approximate surface area is 132 Å². The van der Waals surface area contributed by atoms with E-state index in [4.69, 9.17) is 0 Å². The number of amides is 1. The molecule has 1 aromatic rings. The smallest absolute Gasteiger partial charge is 0.232 e. The zero-order chi connectivity index (χ0) is 16.2. The van der Waals surface area contributed by atoms with Crippen molar-refractivity contribution in [3.05, 3.63) is 35.6 Å². The number of rotatable bonds is 5. The van der Waals surface area contributed by atoms with E-state index in [0.29, 0.717) is 11.5 Å². The van der Waals surface area contributed by atoms with E-state index in [1.807, 2.05) is 25.8 Å². The largest absolute Gasteiger partial charge is 0.342 e. The number of carbonyl (C=O) groups excluding carboxylic acids is 1. The summed E-state index contributed by atoms with van der Waals surface area (Å²) in [5.74, 6) is 0.419. The zero-order valence-corrected chi connectivity index (χ0v) is 13.9. The van der Waals surface area contributed by atoms with E-state index in [9.17, 15) is 9.18 Å². The van der Waals surface area contributed by atoms with Crippen LogP contribution in [0.5, 0.6) is 0 Å². The summed E-state index contributed by atoms with van der Waals surface area (Å²) in [6, 6.07) is 6.59. The van der Waals surface area contributed by atoms with Crippen LogP contribution in [0, 0.1) is 11.7 Å². The lowest BCUT2D eigenvalue weighted by Gasteiger charge is -2.37.